The van der Waals surface area contributed by atoms with Gasteiger partial charge in [0.15, 0.2) is 0 Å². The lowest BCUT2D eigenvalue weighted by atomic mass is 9.76. The predicted octanol–water partition coefficient (Wildman–Crippen LogP) is 2.05. The third-order valence-corrected chi connectivity index (χ3v) is 5.03. The number of fused-ring (bicyclic) bond motifs is 1. The molecule has 0 bridgehead atoms. The molecule has 1 heterocycles. The van der Waals surface area contributed by atoms with Gasteiger partial charge >= 0.3 is 5.97 Å². The maximum Gasteiger partial charge on any atom is 0.313 e. The van der Waals surface area contributed by atoms with Gasteiger partial charge in [-0.3, -0.25) is 4.79 Å². The molecule has 138 valence electrons. The van der Waals surface area contributed by atoms with Crippen molar-refractivity contribution in [2.45, 2.75) is 38.2 Å². The van der Waals surface area contributed by atoms with Crippen LogP contribution in [0.3, 0.4) is 0 Å². The van der Waals surface area contributed by atoms with E-state index in [-0.39, 0.29) is 24.4 Å². The molecule has 1 saturated heterocycles. The van der Waals surface area contributed by atoms with E-state index in [4.69, 9.17) is 14.9 Å². The maximum atomic E-state index is 12.3. The Balaban J connectivity index is 2.27. The van der Waals surface area contributed by atoms with Crippen LogP contribution >= 0.6 is 0 Å². The fourth-order valence-corrected chi connectivity index (χ4v) is 3.36. The van der Waals surface area contributed by atoms with Gasteiger partial charge in [-0.05, 0) is 44.3 Å². The van der Waals surface area contributed by atoms with E-state index in [0.29, 0.717) is 0 Å². The fraction of sp³-hybridized carbons (Fsp3) is 0.550. The zero-order valence-corrected chi connectivity index (χ0v) is 14.8. The van der Waals surface area contributed by atoms with Crippen LogP contribution in [-0.2, 0) is 9.53 Å². The lowest BCUT2D eigenvalue weighted by Crippen LogP contribution is -2.36. The van der Waals surface area contributed by atoms with Crippen molar-refractivity contribution in [3.63, 3.8) is 0 Å². The normalized spacial score (nSPS) is 27.4. The van der Waals surface area contributed by atoms with E-state index in [2.05, 4.69) is 19.6 Å². The van der Waals surface area contributed by atoms with E-state index < -0.39 is 18.8 Å². The van der Waals surface area contributed by atoms with Crippen LogP contribution in [0.5, 0.6) is 0 Å². The molecule has 0 radical (unpaired) electrons. The number of rotatable bonds is 4. The summed E-state index contributed by atoms with van der Waals surface area (Å²) in [6.45, 7) is 5.31. The second-order valence-corrected chi connectivity index (χ2v) is 7.00. The Morgan fingerprint density at radius 1 is 1.36 bits per heavy atom. The Kier molecular flexibility index (Phi) is 6.76. The Morgan fingerprint density at radius 3 is 2.76 bits per heavy atom. The zero-order valence-electron chi connectivity index (χ0n) is 14.8. The highest BCUT2D eigenvalue weighted by molar-refractivity contribution is 5.78. The van der Waals surface area contributed by atoms with Crippen LogP contribution in [-0.4, -0.2) is 46.7 Å². The van der Waals surface area contributed by atoms with Crippen LogP contribution in [0.4, 0.5) is 0 Å². The Morgan fingerprint density at radius 2 is 2.08 bits per heavy atom. The quantitative estimate of drug-likeness (QED) is 0.535. The summed E-state index contributed by atoms with van der Waals surface area (Å²) in [7, 11) is 0. The molecule has 0 amide bonds. The second-order valence-electron chi connectivity index (χ2n) is 7.00. The van der Waals surface area contributed by atoms with Crippen molar-refractivity contribution >= 4 is 5.97 Å². The van der Waals surface area contributed by atoms with Crippen molar-refractivity contribution < 1.29 is 24.9 Å². The number of aliphatic hydroxyl groups is 3. The van der Waals surface area contributed by atoms with Crippen LogP contribution in [0.2, 0.25) is 0 Å². The van der Waals surface area contributed by atoms with Gasteiger partial charge in [0.1, 0.15) is 12.2 Å². The standard InChI is InChI=1S/C20H28O5/c1-14-5-3-6-15(2)18-17(9-8-14)16(11-25-19(18)23)7-4-10-20(24,12-21)13-22/h4-5,7,10,17-18,21-22,24H,2-3,6,8-9,11-13H2,1H3. The summed E-state index contributed by atoms with van der Waals surface area (Å²) in [4.78, 5) is 12.3. The van der Waals surface area contributed by atoms with E-state index in [1.165, 1.54) is 11.6 Å². The second kappa shape index (κ2) is 8.61. The number of carbonyl (C=O) groups excluding carboxylic acids is 1. The predicted molar refractivity (Wildman–Crippen MR) is 95.6 cm³/mol. The molecule has 2 unspecified atom stereocenters. The first-order valence-corrected chi connectivity index (χ1v) is 8.72. The van der Waals surface area contributed by atoms with E-state index in [9.17, 15) is 9.90 Å². The van der Waals surface area contributed by atoms with Crippen LogP contribution in [0, 0.1) is 11.8 Å². The molecule has 1 aliphatic heterocycles. The lowest BCUT2D eigenvalue weighted by Gasteiger charge is -2.33. The summed E-state index contributed by atoms with van der Waals surface area (Å²) >= 11 is 0. The minimum Gasteiger partial charge on any atom is -0.461 e. The molecule has 1 fully saturated rings. The van der Waals surface area contributed by atoms with E-state index in [1.807, 2.05) is 6.08 Å². The highest BCUT2D eigenvalue weighted by atomic mass is 16.5. The Hall–Kier alpha value is -1.69. The van der Waals surface area contributed by atoms with Gasteiger partial charge in [0.2, 0.25) is 0 Å². The molecule has 0 aromatic rings. The summed E-state index contributed by atoms with van der Waals surface area (Å²) in [5.41, 5.74) is 1.54. The molecule has 2 atom stereocenters. The van der Waals surface area contributed by atoms with Crippen molar-refractivity contribution in [3.8, 4) is 0 Å². The van der Waals surface area contributed by atoms with Crippen LogP contribution in [0.1, 0.15) is 32.6 Å². The molecule has 0 aromatic carbocycles. The largest absolute Gasteiger partial charge is 0.461 e. The lowest BCUT2D eigenvalue weighted by molar-refractivity contribution is -0.151. The highest BCUT2D eigenvalue weighted by Crippen LogP contribution is 2.38. The van der Waals surface area contributed by atoms with E-state index in [0.717, 1.165) is 36.8 Å². The molecular weight excluding hydrogens is 320 g/mol. The van der Waals surface area contributed by atoms with Gasteiger partial charge in [-0.2, -0.15) is 0 Å². The third kappa shape index (κ3) is 4.91. The number of cyclic esters (lactones) is 1. The number of allylic oxidation sites excluding steroid dienone is 4. The minimum absolute atomic E-state index is 0.0243. The highest BCUT2D eigenvalue weighted by Gasteiger charge is 2.38. The van der Waals surface area contributed by atoms with Gasteiger partial charge in [-0.15, -0.1) is 0 Å². The zero-order chi connectivity index (χ0) is 18.4. The van der Waals surface area contributed by atoms with Gasteiger partial charge in [0.05, 0.1) is 19.1 Å². The summed E-state index contributed by atoms with van der Waals surface area (Å²) in [5.74, 6) is -0.517. The Bertz CT molecular complexity index is 595. The van der Waals surface area contributed by atoms with Crippen molar-refractivity contribution in [2.24, 2.45) is 11.8 Å². The first-order valence-electron chi connectivity index (χ1n) is 8.72. The number of hydrogen-bond acceptors (Lipinski definition) is 5. The molecule has 1 aliphatic carbocycles. The molecule has 3 N–H and O–H groups in total. The van der Waals surface area contributed by atoms with E-state index >= 15 is 0 Å². The number of carbonyl (C=O) groups is 1. The molecule has 0 saturated carbocycles. The summed E-state index contributed by atoms with van der Waals surface area (Å²) < 4.78 is 5.35. The van der Waals surface area contributed by atoms with Crippen LogP contribution < -0.4 is 0 Å². The number of ether oxygens (including phenoxy) is 1. The van der Waals surface area contributed by atoms with Gasteiger partial charge in [-0.25, -0.2) is 0 Å². The third-order valence-electron chi connectivity index (χ3n) is 5.03. The van der Waals surface area contributed by atoms with Crippen molar-refractivity contribution in [3.05, 3.63) is 47.6 Å². The van der Waals surface area contributed by atoms with Gasteiger partial charge in [0, 0.05) is 5.92 Å². The molecule has 25 heavy (non-hydrogen) atoms. The molecular formula is C20H28O5. The molecule has 2 aliphatic rings. The molecule has 5 heteroatoms. The van der Waals surface area contributed by atoms with Gasteiger partial charge in [0.25, 0.3) is 0 Å². The summed E-state index contributed by atoms with van der Waals surface area (Å²) in [6.07, 6.45) is 10.4. The molecule has 0 aromatic heterocycles. The molecule has 5 nitrogen and oxygen atoms in total. The smallest absolute Gasteiger partial charge is 0.313 e. The minimum atomic E-state index is -1.65. The molecule has 2 rings (SSSR count). The van der Waals surface area contributed by atoms with Crippen LogP contribution in [0.15, 0.2) is 47.6 Å². The fourth-order valence-electron chi connectivity index (χ4n) is 3.36. The van der Waals surface area contributed by atoms with Gasteiger partial charge in [-0.1, -0.05) is 36.0 Å². The first kappa shape index (κ1) is 19.6. The van der Waals surface area contributed by atoms with Crippen molar-refractivity contribution in [1.82, 2.24) is 0 Å². The number of esters is 1. The summed E-state index contributed by atoms with van der Waals surface area (Å²) in [5, 5.41) is 28.2. The van der Waals surface area contributed by atoms with E-state index in [1.54, 1.807) is 6.08 Å². The Labute approximate surface area is 149 Å². The first-order chi connectivity index (χ1) is 11.9. The number of hydrogen-bond donors (Lipinski definition) is 3. The molecule has 0 spiro atoms. The van der Waals surface area contributed by atoms with Crippen molar-refractivity contribution in [2.75, 3.05) is 19.8 Å². The average Bonchev–Trinajstić information content (AvgIpc) is 2.67. The monoisotopic (exact) mass is 348 g/mol. The van der Waals surface area contributed by atoms with Crippen molar-refractivity contribution in [1.29, 1.82) is 0 Å². The maximum absolute atomic E-state index is 12.3. The topological polar surface area (TPSA) is 87.0 Å². The SMILES string of the molecule is C=C1CCC=C(C)CCC2C(=CC=CC(O)(CO)CO)COC(=O)C12. The summed E-state index contributed by atoms with van der Waals surface area (Å²) in [6, 6.07) is 0. The van der Waals surface area contributed by atoms with Crippen LogP contribution in [0.25, 0.3) is 0 Å². The van der Waals surface area contributed by atoms with Gasteiger partial charge < -0.3 is 20.1 Å². The average molecular weight is 348 g/mol. The number of aliphatic hydroxyl groups excluding tert-OH is 2.